The van der Waals surface area contributed by atoms with Gasteiger partial charge in [-0.15, -0.1) is 0 Å². The maximum Gasteiger partial charge on any atom is 0.282 e. The van der Waals surface area contributed by atoms with Gasteiger partial charge in [0, 0.05) is 20.4 Å². The third-order valence-corrected chi connectivity index (χ3v) is 5.33. The number of aromatic nitrogens is 2. The minimum Gasteiger partial charge on any atom is -0.454 e. The predicted octanol–water partition coefficient (Wildman–Crippen LogP) is 4.66. The Labute approximate surface area is 172 Å². The van der Waals surface area contributed by atoms with E-state index in [0.717, 1.165) is 14.5 Å². The number of nitrogens with zero attached hydrogens (tertiary/aromatic N) is 3. The molecule has 0 saturated heterocycles. The summed E-state index contributed by atoms with van der Waals surface area (Å²) in [4.78, 5) is 17.7. The minimum absolute atomic E-state index is 0.0306. The highest BCUT2D eigenvalue weighted by Gasteiger charge is 2.17. The standard InChI is InChI=1S/C19H15Br2N3O3/c1-10(2)18-23-15-4-3-12(20)6-13(15)19(25)24(18)22-8-11-5-16-17(7-14(11)21)27-9-26-16/h3-8,10H,9H2,1-2H3. The van der Waals surface area contributed by atoms with E-state index in [9.17, 15) is 4.79 Å². The van der Waals surface area contributed by atoms with Crippen molar-refractivity contribution in [2.45, 2.75) is 19.8 Å². The lowest BCUT2D eigenvalue weighted by atomic mass is 10.2. The number of fused-ring (bicyclic) bond motifs is 2. The van der Waals surface area contributed by atoms with Crippen LogP contribution >= 0.6 is 31.9 Å². The molecule has 0 bridgehead atoms. The van der Waals surface area contributed by atoms with E-state index in [2.05, 4.69) is 41.9 Å². The molecule has 2 aromatic carbocycles. The van der Waals surface area contributed by atoms with Crippen molar-refractivity contribution in [3.63, 3.8) is 0 Å². The van der Waals surface area contributed by atoms with Crippen LogP contribution < -0.4 is 15.0 Å². The Morgan fingerprint density at radius 3 is 2.67 bits per heavy atom. The first-order valence-corrected chi connectivity index (χ1v) is 9.88. The van der Waals surface area contributed by atoms with Crippen molar-refractivity contribution in [1.82, 2.24) is 9.66 Å². The largest absolute Gasteiger partial charge is 0.454 e. The van der Waals surface area contributed by atoms with E-state index in [4.69, 9.17) is 9.47 Å². The zero-order valence-corrected chi connectivity index (χ0v) is 17.7. The molecule has 0 amide bonds. The van der Waals surface area contributed by atoms with Gasteiger partial charge in [-0.2, -0.15) is 9.78 Å². The van der Waals surface area contributed by atoms with Gasteiger partial charge >= 0.3 is 0 Å². The van der Waals surface area contributed by atoms with E-state index >= 15 is 0 Å². The van der Waals surface area contributed by atoms with Gasteiger partial charge in [0.05, 0.1) is 17.1 Å². The lowest BCUT2D eigenvalue weighted by Gasteiger charge is -2.12. The number of ether oxygens (including phenoxy) is 2. The molecule has 0 spiro atoms. The second-order valence-electron chi connectivity index (χ2n) is 6.37. The molecule has 4 rings (SSSR count). The van der Waals surface area contributed by atoms with Crippen LogP contribution in [0.4, 0.5) is 0 Å². The summed E-state index contributed by atoms with van der Waals surface area (Å²) in [6.45, 7) is 4.16. The molecule has 27 heavy (non-hydrogen) atoms. The fourth-order valence-electron chi connectivity index (χ4n) is 2.80. The minimum atomic E-state index is -0.210. The first kappa shape index (κ1) is 18.2. The van der Waals surface area contributed by atoms with E-state index in [1.54, 1.807) is 12.3 Å². The Morgan fingerprint density at radius 2 is 1.93 bits per heavy atom. The summed E-state index contributed by atoms with van der Waals surface area (Å²) in [5, 5.41) is 4.95. The highest BCUT2D eigenvalue weighted by molar-refractivity contribution is 9.10. The van der Waals surface area contributed by atoms with Crippen LogP contribution in [0.1, 0.15) is 31.2 Å². The van der Waals surface area contributed by atoms with Crippen molar-refractivity contribution < 1.29 is 9.47 Å². The summed E-state index contributed by atoms with van der Waals surface area (Å²) in [6.07, 6.45) is 1.62. The van der Waals surface area contributed by atoms with Gasteiger partial charge in [-0.1, -0.05) is 29.8 Å². The van der Waals surface area contributed by atoms with Gasteiger partial charge in [0.25, 0.3) is 5.56 Å². The van der Waals surface area contributed by atoms with E-state index in [1.165, 1.54) is 4.68 Å². The molecule has 0 atom stereocenters. The topological polar surface area (TPSA) is 65.7 Å². The Balaban J connectivity index is 1.86. The van der Waals surface area contributed by atoms with Crippen molar-refractivity contribution in [3.05, 3.63) is 61.0 Å². The van der Waals surface area contributed by atoms with E-state index in [-0.39, 0.29) is 18.3 Å². The van der Waals surface area contributed by atoms with Gasteiger partial charge in [-0.3, -0.25) is 4.79 Å². The van der Waals surface area contributed by atoms with Gasteiger partial charge in [0.2, 0.25) is 6.79 Å². The fourth-order valence-corrected chi connectivity index (χ4v) is 3.59. The summed E-state index contributed by atoms with van der Waals surface area (Å²) in [7, 11) is 0. The van der Waals surface area contributed by atoms with Gasteiger partial charge in [-0.25, -0.2) is 4.98 Å². The molecular formula is C19H15Br2N3O3. The zero-order chi connectivity index (χ0) is 19.1. The first-order chi connectivity index (χ1) is 12.9. The molecule has 2 heterocycles. The van der Waals surface area contributed by atoms with E-state index in [1.807, 2.05) is 38.1 Å². The Hall–Kier alpha value is -2.19. The Morgan fingerprint density at radius 1 is 1.19 bits per heavy atom. The molecule has 1 aliphatic heterocycles. The highest BCUT2D eigenvalue weighted by atomic mass is 79.9. The van der Waals surface area contributed by atoms with E-state index in [0.29, 0.717) is 28.2 Å². The van der Waals surface area contributed by atoms with Crippen LogP contribution in [0.5, 0.6) is 11.5 Å². The van der Waals surface area contributed by atoms with Gasteiger partial charge in [0.1, 0.15) is 5.82 Å². The van der Waals surface area contributed by atoms with Crippen LogP contribution in [0.25, 0.3) is 10.9 Å². The fraction of sp³-hybridized carbons (Fsp3) is 0.211. The van der Waals surface area contributed by atoms with Crippen LogP contribution in [0, 0.1) is 0 Å². The third kappa shape index (κ3) is 3.39. The number of hydrogen-bond donors (Lipinski definition) is 0. The lowest BCUT2D eigenvalue weighted by Crippen LogP contribution is -2.23. The molecule has 0 N–H and O–H groups in total. The number of rotatable bonds is 3. The zero-order valence-electron chi connectivity index (χ0n) is 14.6. The SMILES string of the molecule is CC(C)c1nc2ccc(Br)cc2c(=O)n1N=Cc1cc2c(cc1Br)OCO2. The smallest absolute Gasteiger partial charge is 0.282 e. The maximum absolute atomic E-state index is 13.0. The maximum atomic E-state index is 13.0. The molecule has 0 radical (unpaired) electrons. The molecule has 0 saturated carbocycles. The molecule has 138 valence electrons. The second kappa shape index (κ2) is 7.09. The predicted molar refractivity (Wildman–Crippen MR) is 111 cm³/mol. The van der Waals surface area contributed by atoms with Crippen molar-refractivity contribution in [1.29, 1.82) is 0 Å². The number of hydrogen-bond acceptors (Lipinski definition) is 5. The van der Waals surface area contributed by atoms with Gasteiger partial charge < -0.3 is 9.47 Å². The Kier molecular flexibility index (Phi) is 4.77. The van der Waals surface area contributed by atoms with Crippen molar-refractivity contribution in [2.24, 2.45) is 5.10 Å². The summed E-state index contributed by atoms with van der Waals surface area (Å²) >= 11 is 6.91. The van der Waals surface area contributed by atoms with Gasteiger partial charge in [-0.05, 0) is 46.3 Å². The summed E-state index contributed by atoms with van der Waals surface area (Å²) < 4.78 is 13.7. The molecule has 0 unspecified atom stereocenters. The summed E-state index contributed by atoms with van der Waals surface area (Å²) in [5.41, 5.74) is 1.22. The molecule has 8 heteroatoms. The average Bonchev–Trinajstić information content (AvgIpc) is 3.08. The summed E-state index contributed by atoms with van der Waals surface area (Å²) in [5.74, 6) is 1.96. The second-order valence-corrected chi connectivity index (χ2v) is 8.14. The van der Waals surface area contributed by atoms with Crippen LogP contribution in [-0.4, -0.2) is 22.7 Å². The van der Waals surface area contributed by atoms with Gasteiger partial charge in [0.15, 0.2) is 11.5 Å². The monoisotopic (exact) mass is 491 g/mol. The Bertz CT molecular complexity index is 1140. The van der Waals surface area contributed by atoms with Crippen LogP contribution in [-0.2, 0) is 0 Å². The number of halogens is 2. The lowest BCUT2D eigenvalue weighted by molar-refractivity contribution is 0.174. The molecule has 1 aromatic heterocycles. The van der Waals surface area contributed by atoms with E-state index < -0.39 is 0 Å². The van der Waals surface area contributed by atoms with Crippen molar-refractivity contribution in [3.8, 4) is 11.5 Å². The molecule has 3 aromatic rings. The number of benzene rings is 2. The van der Waals surface area contributed by atoms with Crippen molar-refractivity contribution in [2.75, 3.05) is 6.79 Å². The van der Waals surface area contributed by atoms with Crippen LogP contribution in [0.15, 0.2) is 49.2 Å². The first-order valence-electron chi connectivity index (χ1n) is 8.30. The molecular weight excluding hydrogens is 478 g/mol. The molecule has 0 fully saturated rings. The van der Waals surface area contributed by atoms with Crippen LogP contribution in [0.2, 0.25) is 0 Å². The van der Waals surface area contributed by atoms with Crippen LogP contribution in [0.3, 0.4) is 0 Å². The quantitative estimate of drug-likeness (QED) is 0.499. The molecule has 6 nitrogen and oxygen atoms in total. The highest BCUT2D eigenvalue weighted by Crippen LogP contribution is 2.36. The van der Waals surface area contributed by atoms with Crippen molar-refractivity contribution >= 4 is 49.0 Å². The normalized spacial score (nSPS) is 13.2. The molecule has 1 aliphatic rings. The molecule has 0 aliphatic carbocycles. The average molecular weight is 493 g/mol. The third-order valence-electron chi connectivity index (χ3n) is 4.15. The summed E-state index contributed by atoms with van der Waals surface area (Å²) in [6, 6.07) is 9.11.